The molecule has 0 spiro atoms. The lowest BCUT2D eigenvalue weighted by molar-refractivity contribution is -0.142. The van der Waals surface area contributed by atoms with E-state index in [2.05, 4.69) is 10.2 Å². The van der Waals surface area contributed by atoms with Crippen molar-refractivity contribution < 1.29 is 13.9 Å². The van der Waals surface area contributed by atoms with Crippen LogP contribution in [0.2, 0.25) is 5.02 Å². The van der Waals surface area contributed by atoms with Crippen LogP contribution in [0.5, 0.6) is 0 Å². The molecule has 0 radical (unpaired) electrons. The number of carbonyl (C=O) groups is 1. The summed E-state index contributed by atoms with van der Waals surface area (Å²) in [6.07, 6.45) is 0.618. The molecule has 0 saturated carbocycles. The van der Waals surface area contributed by atoms with Gasteiger partial charge in [0.15, 0.2) is 0 Å². The lowest BCUT2D eigenvalue weighted by atomic mass is 10.2. The van der Waals surface area contributed by atoms with E-state index in [9.17, 15) is 4.79 Å². The minimum absolute atomic E-state index is 0.275. The number of ether oxygens (including phenoxy) is 1. The van der Waals surface area contributed by atoms with Crippen LogP contribution in [0.15, 0.2) is 33.9 Å². The zero-order valence-corrected chi connectivity index (χ0v) is 13.3. The predicted octanol–water partition coefficient (Wildman–Crippen LogP) is 3.82. The highest BCUT2D eigenvalue weighted by molar-refractivity contribution is 8.00. The van der Waals surface area contributed by atoms with Crippen molar-refractivity contribution in [1.29, 1.82) is 0 Å². The second-order valence-corrected chi connectivity index (χ2v) is 5.68. The van der Waals surface area contributed by atoms with Crippen LogP contribution in [0.3, 0.4) is 0 Å². The smallest absolute Gasteiger partial charge is 0.319 e. The van der Waals surface area contributed by atoms with Gasteiger partial charge in [0.1, 0.15) is 5.25 Å². The van der Waals surface area contributed by atoms with Gasteiger partial charge in [-0.2, -0.15) is 0 Å². The molecule has 0 fully saturated rings. The second-order valence-electron chi connectivity index (χ2n) is 4.12. The molecule has 1 aromatic carbocycles. The largest absolute Gasteiger partial charge is 0.465 e. The van der Waals surface area contributed by atoms with Gasteiger partial charge in [0, 0.05) is 0 Å². The highest BCUT2D eigenvalue weighted by atomic mass is 35.5. The second kappa shape index (κ2) is 7.47. The molecular formula is C14H15ClN2O3S. The Morgan fingerprint density at radius 2 is 2.14 bits per heavy atom. The molecule has 0 amide bonds. The fraction of sp³-hybridized carbons (Fsp3) is 0.357. The molecule has 0 saturated heterocycles. The minimum Gasteiger partial charge on any atom is -0.465 e. The summed E-state index contributed by atoms with van der Waals surface area (Å²) < 4.78 is 10.6. The normalized spacial score (nSPS) is 12.1. The lowest BCUT2D eigenvalue weighted by Gasteiger charge is -2.09. The van der Waals surface area contributed by atoms with Crippen LogP contribution in [0.1, 0.15) is 20.3 Å². The number of carbonyl (C=O) groups excluding carboxylic acids is 1. The minimum atomic E-state index is -0.357. The number of esters is 1. The average molecular weight is 327 g/mol. The molecule has 5 nitrogen and oxygen atoms in total. The molecule has 0 aliphatic rings. The Morgan fingerprint density at radius 3 is 2.81 bits per heavy atom. The van der Waals surface area contributed by atoms with Gasteiger partial charge < -0.3 is 9.15 Å². The zero-order chi connectivity index (χ0) is 15.2. The third kappa shape index (κ3) is 3.98. The van der Waals surface area contributed by atoms with Gasteiger partial charge in [-0.1, -0.05) is 42.4 Å². The Labute approximate surface area is 132 Å². The lowest BCUT2D eigenvalue weighted by Crippen LogP contribution is -2.19. The van der Waals surface area contributed by atoms with E-state index in [4.69, 9.17) is 20.8 Å². The van der Waals surface area contributed by atoms with Crippen molar-refractivity contribution in [2.45, 2.75) is 30.7 Å². The van der Waals surface area contributed by atoms with Crippen molar-refractivity contribution in [2.75, 3.05) is 6.61 Å². The summed E-state index contributed by atoms with van der Waals surface area (Å²) in [7, 11) is 0. The Balaban J connectivity index is 2.13. The molecule has 7 heteroatoms. The predicted molar refractivity (Wildman–Crippen MR) is 81.3 cm³/mol. The maximum atomic E-state index is 11.8. The van der Waals surface area contributed by atoms with Gasteiger partial charge in [-0.05, 0) is 25.5 Å². The Bertz CT molecular complexity index is 618. The summed E-state index contributed by atoms with van der Waals surface area (Å²) in [5.41, 5.74) is 0.669. The molecular weight excluding hydrogens is 312 g/mol. The molecule has 1 heterocycles. The standard InChI is InChI=1S/C14H15ClN2O3S/c1-3-11(13(18)19-4-2)21-14-17-16-12(20-14)9-7-5-6-8-10(9)15/h5-8,11H,3-4H2,1-2H3/t11-/m1/s1. The third-order valence-corrected chi connectivity index (χ3v) is 4.18. The number of benzene rings is 1. The first kappa shape index (κ1) is 15.9. The maximum absolute atomic E-state index is 11.8. The van der Waals surface area contributed by atoms with Crippen LogP contribution in [0.25, 0.3) is 11.5 Å². The Kier molecular flexibility index (Phi) is 5.64. The van der Waals surface area contributed by atoms with E-state index in [0.717, 1.165) is 0 Å². The van der Waals surface area contributed by atoms with Gasteiger partial charge >= 0.3 is 5.97 Å². The molecule has 0 aliphatic carbocycles. The number of halogens is 1. The van der Waals surface area contributed by atoms with Crippen molar-refractivity contribution in [3.05, 3.63) is 29.3 Å². The summed E-state index contributed by atoms with van der Waals surface area (Å²) in [6.45, 7) is 4.03. The quantitative estimate of drug-likeness (QED) is 0.594. The van der Waals surface area contributed by atoms with Crippen molar-refractivity contribution in [3.63, 3.8) is 0 Å². The van der Waals surface area contributed by atoms with Crippen LogP contribution >= 0.6 is 23.4 Å². The number of aromatic nitrogens is 2. The van der Waals surface area contributed by atoms with Gasteiger partial charge in [0.2, 0.25) is 5.89 Å². The highest BCUT2D eigenvalue weighted by Crippen LogP contribution is 2.31. The fourth-order valence-corrected chi connectivity index (χ4v) is 2.66. The molecule has 1 atom stereocenters. The summed E-state index contributed by atoms with van der Waals surface area (Å²) >= 11 is 7.28. The van der Waals surface area contributed by atoms with Crippen LogP contribution in [0.4, 0.5) is 0 Å². The summed E-state index contributed by atoms with van der Waals surface area (Å²) in [5, 5.41) is 8.41. The topological polar surface area (TPSA) is 65.2 Å². The van der Waals surface area contributed by atoms with E-state index in [1.165, 1.54) is 11.8 Å². The van der Waals surface area contributed by atoms with Crippen molar-refractivity contribution in [2.24, 2.45) is 0 Å². The molecule has 2 aromatic rings. The number of hydrogen-bond donors (Lipinski definition) is 0. The van der Waals surface area contributed by atoms with Gasteiger partial charge in [-0.3, -0.25) is 4.79 Å². The first-order chi connectivity index (χ1) is 10.2. The van der Waals surface area contributed by atoms with Crippen molar-refractivity contribution in [1.82, 2.24) is 10.2 Å². The third-order valence-electron chi connectivity index (χ3n) is 2.67. The number of rotatable bonds is 6. The van der Waals surface area contributed by atoms with Gasteiger partial charge in [0.25, 0.3) is 5.22 Å². The van der Waals surface area contributed by atoms with Gasteiger partial charge in [0.05, 0.1) is 17.2 Å². The molecule has 1 aromatic heterocycles. The van der Waals surface area contributed by atoms with Crippen LogP contribution in [-0.4, -0.2) is 28.0 Å². The van der Waals surface area contributed by atoms with Crippen LogP contribution in [0, 0.1) is 0 Å². The van der Waals surface area contributed by atoms with Crippen molar-refractivity contribution >= 4 is 29.3 Å². The SMILES string of the molecule is CCOC(=O)[C@@H](CC)Sc1nnc(-c2ccccc2Cl)o1. The van der Waals surface area contributed by atoms with Crippen LogP contribution in [-0.2, 0) is 9.53 Å². The highest BCUT2D eigenvalue weighted by Gasteiger charge is 2.22. The Hall–Kier alpha value is -1.53. The molecule has 21 heavy (non-hydrogen) atoms. The first-order valence-corrected chi connectivity index (χ1v) is 7.83. The van der Waals surface area contributed by atoms with Gasteiger partial charge in [-0.15, -0.1) is 10.2 Å². The van der Waals surface area contributed by atoms with E-state index in [0.29, 0.717) is 34.7 Å². The maximum Gasteiger partial charge on any atom is 0.319 e. The summed E-state index contributed by atoms with van der Waals surface area (Å²) in [4.78, 5) is 11.8. The fourth-order valence-electron chi connectivity index (χ4n) is 1.66. The summed E-state index contributed by atoms with van der Waals surface area (Å²) in [5.74, 6) is 0.0595. The average Bonchev–Trinajstić information content (AvgIpc) is 2.93. The van der Waals surface area contributed by atoms with E-state index in [1.807, 2.05) is 19.1 Å². The van der Waals surface area contributed by atoms with E-state index >= 15 is 0 Å². The molecule has 0 aliphatic heterocycles. The molecule has 0 bridgehead atoms. The number of hydrogen-bond acceptors (Lipinski definition) is 6. The molecule has 112 valence electrons. The van der Waals surface area contributed by atoms with E-state index in [-0.39, 0.29) is 11.2 Å². The van der Waals surface area contributed by atoms with E-state index in [1.54, 1.807) is 19.1 Å². The van der Waals surface area contributed by atoms with Crippen molar-refractivity contribution in [3.8, 4) is 11.5 Å². The monoisotopic (exact) mass is 326 g/mol. The Morgan fingerprint density at radius 1 is 1.38 bits per heavy atom. The first-order valence-electron chi connectivity index (χ1n) is 6.57. The number of nitrogens with zero attached hydrogens (tertiary/aromatic N) is 2. The van der Waals surface area contributed by atoms with E-state index < -0.39 is 0 Å². The molecule has 0 N–H and O–H groups in total. The van der Waals surface area contributed by atoms with Gasteiger partial charge in [-0.25, -0.2) is 0 Å². The van der Waals surface area contributed by atoms with Crippen LogP contribution < -0.4 is 0 Å². The zero-order valence-electron chi connectivity index (χ0n) is 11.7. The summed E-state index contributed by atoms with van der Waals surface area (Å²) in [6, 6.07) is 7.21. The number of thioether (sulfide) groups is 1. The molecule has 2 rings (SSSR count). The molecule has 0 unspecified atom stereocenters.